The minimum Gasteiger partial charge on any atom is -0.342 e. The summed E-state index contributed by atoms with van der Waals surface area (Å²) >= 11 is 1.57. The summed E-state index contributed by atoms with van der Waals surface area (Å²) < 4.78 is 0. The zero-order chi connectivity index (χ0) is 10.8. The molecule has 2 rings (SSSR count). The fourth-order valence-corrected chi connectivity index (χ4v) is 2.19. The number of H-pyrrole nitrogens is 1. The Morgan fingerprint density at radius 1 is 1.53 bits per heavy atom. The quantitative estimate of drug-likeness (QED) is 0.805. The molecule has 0 saturated carbocycles. The normalized spacial score (nSPS) is 10.5. The molecule has 0 fully saturated rings. The summed E-state index contributed by atoms with van der Waals surface area (Å²) in [5.41, 5.74) is 1.00. The van der Waals surface area contributed by atoms with E-state index in [1.807, 2.05) is 13.8 Å². The number of carbonyl (C=O) groups excluding carboxylic acids is 1. The molecule has 15 heavy (non-hydrogen) atoms. The molecule has 0 spiro atoms. The van der Waals surface area contributed by atoms with E-state index in [2.05, 4.69) is 15.0 Å². The zero-order valence-corrected chi connectivity index (χ0v) is 9.39. The van der Waals surface area contributed by atoms with E-state index in [0.717, 1.165) is 15.6 Å². The van der Waals surface area contributed by atoms with Crippen LogP contribution in [0.1, 0.15) is 26.2 Å². The number of rotatable bonds is 3. The maximum Gasteiger partial charge on any atom is 0.204 e. The van der Waals surface area contributed by atoms with Gasteiger partial charge in [0.15, 0.2) is 5.82 Å². The van der Waals surface area contributed by atoms with Crippen LogP contribution in [0.3, 0.4) is 0 Å². The van der Waals surface area contributed by atoms with Crippen molar-refractivity contribution in [1.29, 1.82) is 0 Å². The summed E-state index contributed by atoms with van der Waals surface area (Å²) in [5.74, 6) is 0.384. The molecule has 4 nitrogen and oxygen atoms in total. The number of hydrogen-bond acceptors (Lipinski definition) is 4. The second-order valence-corrected chi connectivity index (χ2v) is 4.57. The first-order valence-corrected chi connectivity index (χ1v) is 5.44. The van der Waals surface area contributed by atoms with Crippen molar-refractivity contribution >= 4 is 17.1 Å². The van der Waals surface area contributed by atoms with Gasteiger partial charge in [0.1, 0.15) is 5.01 Å². The van der Waals surface area contributed by atoms with Gasteiger partial charge in [-0.15, -0.1) is 11.3 Å². The molecular weight excluding hydrogens is 210 g/mol. The molecule has 78 valence electrons. The standard InChI is InChI=1S/C10H11N3OS/c1-6-7(2)15-9(13-6)5-8(14)10-11-3-4-12-10/h3-4H,5H2,1-2H3,(H,11,12). The van der Waals surface area contributed by atoms with E-state index in [1.165, 1.54) is 0 Å². The topological polar surface area (TPSA) is 58.6 Å². The van der Waals surface area contributed by atoms with Gasteiger partial charge in [-0.2, -0.15) is 0 Å². The van der Waals surface area contributed by atoms with E-state index >= 15 is 0 Å². The lowest BCUT2D eigenvalue weighted by atomic mass is 10.3. The lowest BCUT2D eigenvalue weighted by molar-refractivity contribution is 0.0984. The summed E-state index contributed by atoms with van der Waals surface area (Å²) in [6.45, 7) is 3.96. The number of carbonyl (C=O) groups is 1. The lowest BCUT2D eigenvalue weighted by Gasteiger charge is -1.92. The van der Waals surface area contributed by atoms with Crippen LogP contribution in [-0.4, -0.2) is 20.7 Å². The maximum atomic E-state index is 11.7. The third-order valence-electron chi connectivity index (χ3n) is 2.15. The minimum absolute atomic E-state index is 0.0197. The molecule has 0 aromatic carbocycles. The van der Waals surface area contributed by atoms with Crippen molar-refractivity contribution in [3.05, 3.63) is 33.8 Å². The molecule has 2 aromatic rings. The molecule has 0 unspecified atom stereocenters. The number of thiazole rings is 1. The van der Waals surface area contributed by atoms with Crippen molar-refractivity contribution in [3.8, 4) is 0 Å². The number of aromatic nitrogens is 3. The summed E-state index contributed by atoms with van der Waals surface area (Å²) in [5, 5.41) is 0.853. The highest BCUT2D eigenvalue weighted by Crippen LogP contribution is 2.17. The molecule has 0 atom stereocenters. The number of Topliss-reactive ketones (excluding diaryl/α,β-unsaturated/α-hetero) is 1. The largest absolute Gasteiger partial charge is 0.342 e. The van der Waals surface area contributed by atoms with Crippen LogP contribution in [0.25, 0.3) is 0 Å². The van der Waals surface area contributed by atoms with Crippen molar-refractivity contribution in [2.24, 2.45) is 0 Å². The second-order valence-electron chi connectivity index (χ2n) is 3.29. The summed E-state index contributed by atoms with van der Waals surface area (Å²) in [6, 6.07) is 0. The molecule has 0 aliphatic heterocycles. The number of nitrogens with one attached hydrogen (secondary N) is 1. The first kappa shape index (κ1) is 10.0. The third-order valence-corrected chi connectivity index (χ3v) is 3.22. The maximum absolute atomic E-state index is 11.7. The Bertz CT molecular complexity index is 453. The van der Waals surface area contributed by atoms with Crippen LogP contribution in [-0.2, 0) is 6.42 Å². The average molecular weight is 221 g/mol. The Kier molecular flexibility index (Phi) is 2.64. The number of ketones is 1. The fraction of sp³-hybridized carbons (Fsp3) is 0.300. The van der Waals surface area contributed by atoms with Crippen molar-refractivity contribution in [3.63, 3.8) is 0 Å². The van der Waals surface area contributed by atoms with Crippen molar-refractivity contribution < 1.29 is 4.79 Å². The predicted molar refractivity (Wildman–Crippen MR) is 58.2 cm³/mol. The Morgan fingerprint density at radius 3 is 2.87 bits per heavy atom. The van der Waals surface area contributed by atoms with Gasteiger partial charge in [-0.1, -0.05) is 0 Å². The monoisotopic (exact) mass is 221 g/mol. The highest BCUT2D eigenvalue weighted by Gasteiger charge is 2.12. The fourth-order valence-electron chi connectivity index (χ4n) is 1.25. The van der Waals surface area contributed by atoms with Crippen LogP contribution in [0.5, 0.6) is 0 Å². The van der Waals surface area contributed by atoms with Gasteiger partial charge in [0.25, 0.3) is 0 Å². The van der Waals surface area contributed by atoms with E-state index in [1.54, 1.807) is 23.7 Å². The van der Waals surface area contributed by atoms with E-state index in [-0.39, 0.29) is 5.78 Å². The van der Waals surface area contributed by atoms with E-state index in [4.69, 9.17) is 0 Å². The Morgan fingerprint density at radius 2 is 2.33 bits per heavy atom. The summed E-state index contributed by atoms with van der Waals surface area (Å²) in [6.07, 6.45) is 3.55. The molecule has 0 amide bonds. The molecular formula is C10H11N3OS. The molecule has 0 radical (unpaired) electrons. The van der Waals surface area contributed by atoms with Gasteiger partial charge in [-0.05, 0) is 13.8 Å². The van der Waals surface area contributed by atoms with Crippen LogP contribution >= 0.6 is 11.3 Å². The first-order valence-electron chi connectivity index (χ1n) is 4.62. The van der Waals surface area contributed by atoms with Crippen LogP contribution in [0.2, 0.25) is 0 Å². The smallest absolute Gasteiger partial charge is 0.204 e. The molecule has 0 aliphatic rings. The molecule has 1 N–H and O–H groups in total. The number of hydrogen-bond donors (Lipinski definition) is 1. The first-order chi connectivity index (χ1) is 7.16. The summed E-state index contributed by atoms with van der Waals surface area (Å²) in [4.78, 5) is 23.9. The van der Waals surface area contributed by atoms with Crippen LogP contribution in [0, 0.1) is 13.8 Å². The molecule has 2 aromatic heterocycles. The molecule has 2 heterocycles. The molecule has 0 saturated heterocycles. The van der Waals surface area contributed by atoms with Crippen molar-refractivity contribution in [2.75, 3.05) is 0 Å². The van der Waals surface area contributed by atoms with Gasteiger partial charge >= 0.3 is 0 Å². The Balaban J connectivity index is 2.13. The average Bonchev–Trinajstić information content (AvgIpc) is 2.77. The third kappa shape index (κ3) is 2.12. The highest BCUT2D eigenvalue weighted by atomic mass is 32.1. The summed E-state index contributed by atoms with van der Waals surface area (Å²) in [7, 11) is 0. The SMILES string of the molecule is Cc1nc(CC(=O)c2ncc[nH]2)sc1C. The van der Waals surface area contributed by atoms with E-state index < -0.39 is 0 Å². The Labute approximate surface area is 91.4 Å². The van der Waals surface area contributed by atoms with Crippen molar-refractivity contribution in [1.82, 2.24) is 15.0 Å². The zero-order valence-electron chi connectivity index (χ0n) is 8.57. The van der Waals surface area contributed by atoms with Crippen LogP contribution < -0.4 is 0 Å². The van der Waals surface area contributed by atoms with Gasteiger partial charge in [-0.25, -0.2) is 9.97 Å². The number of imidazole rings is 1. The number of aromatic amines is 1. The van der Waals surface area contributed by atoms with Gasteiger partial charge < -0.3 is 4.98 Å². The Hall–Kier alpha value is -1.49. The van der Waals surface area contributed by atoms with Gasteiger partial charge in [0.05, 0.1) is 12.1 Å². The number of aryl methyl sites for hydroxylation is 2. The van der Waals surface area contributed by atoms with Crippen LogP contribution in [0.15, 0.2) is 12.4 Å². The molecule has 0 aliphatic carbocycles. The van der Waals surface area contributed by atoms with E-state index in [9.17, 15) is 4.79 Å². The highest BCUT2D eigenvalue weighted by molar-refractivity contribution is 7.11. The van der Waals surface area contributed by atoms with Crippen molar-refractivity contribution in [2.45, 2.75) is 20.3 Å². The molecule has 0 bridgehead atoms. The second kappa shape index (κ2) is 3.94. The predicted octanol–water partition coefficient (Wildman–Crippen LogP) is 1.91. The van der Waals surface area contributed by atoms with Gasteiger partial charge in [-0.3, -0.25) is 4.79 Å². The lowest BCUT2D eigenvalue weighted by Crippen LogP contribution is -2.05. The minimum atomic E-state index is -0.0197. The number of nitrogens with zero attached hydrogens (tertiary/aromatic N) is 2. The van der Waals surface area contributed by atoms with Gasteiger partial charge in [0, 0.05) is 17.3 Å². The van der Waals surface area contributed by atoms with Crippen LogP contribution in [0.4, 0.5) is 0 Å². The molecule has 5 heteroatoms. The van der Waals surface area contributed by atoms with Gasteiger partial charge in [0.2, 0.25) is 5.78 Å². The van der Waals surface area contributed by atoms with E-state index in [0.29, 0.717) is 12.2 Å².